The number of ether oxygens (including phenoxy) is 2. The number of carbonyl (C=O) groups excluding carboxylic acids is 1. The minimum atomic E-state index is 0.187. The van der Waals surface area contributed by atoms with Gasteiger partial charge in [0, 0.05) is 49.6 Å². The lowest BCUT2D eigenvalue weighted by molar-refractivity contribution is -0.131. The highest BCUT2D eigenvalue weighted by Gasteiger charge is 2.42. The molecule has 156 valence electrons. The molecule has 7 heteroatoms. The summed E-state index contributed by atoms with van der Waals surface area (Å²) in [5.41, 5.74) is 1.35. The Morgan fingerprint density at radius 2 is 2.07 bits per heavy atom. The van der Waals surface area contributed by atoms with Gasteiger partial charge in [-0.2, -0.15) is 0 Å². The van der Waals surface area contributed by atoms with E-state index in [9.17, 15) is 4.79 Å². The molecule has 0 unspecified atom stereocenters. The van der Waals surface area contributed by atoms with E-state index in [2.05, 4.69) is 16.0 Å². The molecule has 2 saturated heterocycles. The molecule has 0 N–H and O–H groups in total. The van der Waals surface area contributed by atoms with Crippen LogP contribution in [0.15, 0.2) is 36.9 Å². The normalized spacial score (nSPS) is 22.2. The van der Waals surface area contributed by atoms with Gasteiger partial charge in [0.2, 0.25) is 5.91 Å². The zero-order chi connectivity index (χ0) is 20.3. The van der Waals surface area contributed by atoms with E-state index >= 15 is 0 Å². The zero-order valence-corrected chi connectivity index (χ0v) is 17.3. The monoisotopic (exact) mass is 398 g/mol. The number of methoxy groups -OCH3 is 2. The van der Waals surface area contributed by atoms with Crippen molar-refractivity contribution in [1.82, 2.24) is 19.4 Å². The van der Waals surface area contributed by atoms with Crippen LogP contribution in [-0.4, -0.2) is 65.7 Å². The Balaban J connectivity index is 1.40. The van der Waals surface area contributed by atoms with Crippen LogP contribution in [0, 0.1) is 5.41 Å². The predicted octanol–water partition coefficient (Wildman–Crippen LogP) is 2.42. The Morgan fingerprint density at radius 3 is 2.83 bits per heavy atom. The third kappa shape index (κ3) is 4.24. The van der Waals surface area contributed by atoms with Crippen molar-refractivity contribution in [2.24, 2.45) is 5.41 Å². The van der Waals surface area contributed by atoms with Crippen molar-refractivity contribution in [3.05, 3.63) is 42.5 Å². The van der Waals surface area contributed by atoms with Crippen LogP contribution in [0.3, 0.4) is 0 Å². The fraction of sp³-hybridized carbons (Fsp3) is 0.545. The van der Waals surface area contributed by atoms with E-state index in [4.69, 9.17) is 9.47 Å². The highest BCUT2D eigenvalue weighted by Crippen LogP contribution is 2.40. The van der Waals surface area contributed by atoms with Crippen molar-refractivity contribution in [2.45, 2.75) is 32.4 Å². The molecule has 0 bridgehead atoms. The first-order chi connectivity index (χ1) is 14.1. The second-order valence-corrected chi connectivity index (χ2v) is 8.27. The summed E-state index contributed by atoms with van der Waals surface area (Å²) in [4.78, 5) is 21.3. The Morgan fingerprint density at radius 1 is 1.17 bits per heavy atom. The van der Waals surface area contributed by atoms with Crippen LogP contribution < -0.4 is 9.47 Å². The summed E-state index contributed by atoms with van der Waals surface area (Å²) in [5.74, 6) is 1.78. The van der Waals surface area contributed by atoms with Gasteiger partial charge in [-0.1, -0.05) is 12.1 Å². The fourth-order valence-electron chi connectivity index (χ4n) is 4.88. The summed E-state index contributed by atoms with van der Waals surface area (Å²) in [6, 6.07) is 6.06. The molecule has 0 aliphatic carbocycles. The van der Waals surface area contributed by atoms with Crippen LogP contribution in [-0.2, 0) is 17.9 Å². The molecule has 1 amide bonds. The molecular formula is C22H30N4O3. The highest BCUT2D eigenvalue weighted by atomic mass is 16.5. The SMILES string of the molecule is COc1cccc(CN2CCC[C@@]3(CCN(C(=O)Cn4ccnc4)C3)C2)c1OC. The smallest absolute Gasteiger partial charge is 0.242 e. The second kappa shape index (κ2) is 8.45. The van der Waals surface area contributed by atoms with Gasteiger partial charge < -0.3 is 18.9 Å². The molecule has 2 aromatic rings. The number of hydrogen-bond donors (Lipinski definition) is 0. The topological polar surface area (TPSA) is 59.8 Å². The summed E-state index contributed by atoms with van der Waals surface area (Å²) >= 11 is 0. The summed E-state index contributed by atoms with van der Waals surface area (Å²) in [7, 11) is 3.37. The summed E-state index contributed by atoms with van der Waals surface area (Å²) in [6.07, 6.45) is 8.68. The molecule has 2 fully saturated rings. The molecule has 1 atom stereocenters. The van der Waals surface area contributed by atoms with Gasteiger partial charge in [-0.3, -0.25) is 9.69 Å². The van der Waals surface area contributed by atoms with Gasteiger partial charge in [0.1, 0.15) is 6.54 Å². The van der Waals surface area contributed by atoms with Gasteiger partial charge in [-0.25, -0.2) is 4.98 Å². The highest BCUT2D eigenvalue weighted by molar-refractivity contribution is 5.76. The Labute approximate surface area is 172 Å². The second-order valence-electron chi connectivity index (χ2n) is 8.27. The number of benzene rings is 1. The number of likely N-dealkylation sites (tertiary alicyclic amines) is 2. The number of carbonyl (C=O) groups is 1. The van der Waals surface area contributed by atoms with Gasteiger partial charge in [0.15, 0.2) is 11.5 Å². The first-order valence-electron chi connectivity index (χ1n) is 10.3. The predicted molar refractivity (Wildman–Crippen MR) is 110 cm³/mol. The van der Waals surface area contributed by atoms with Gasteiger partial charge in [-0.15, -0.1) is 0 Å². The maximum atomic E-state index is 12.7. The van der Waals surface area contributed by atoms with E-state index in [1.54, 1.807) is 26.7 Å². The van der Waals surface area contributed by atoms with Crippen LogP contribution in [0.2, 0.25) is 0 Å². The summed E-state index contributed by atoms with van der Waals surface area (Å²) in [5, 5.41) is 0. The van der Waals surface area contributed by atoms with E-state index in [0.29, 0.717) is 6.54 Å². The lowest BCUT2D eigenvalue weighted by Crippen LogP contribution is -2.45. The molecule has 1 aromatic heterocycles. The first kappa shape index (κ1) is 19.8. The molecule has 2 aliphatic heterocycles. The Hall–Kier alpha value is -2.54. The molecule has 0 radical (unpaired) electrons. The molecule has 0 saturated carbocycles. The van der Waals surface area contributed by atoms with E-state index in [0.717, 1.165) is 62.6 Å². The number of aromatic nitrogens is 2. The number of piperidine rings is 1. The summed E-state index contributed by atoms with van der Waals surface area (Å²) < 4.78 is 12.9. The van der Waals surface area contributed by atoms with Gasteiger partial charge in [0.05, 0.1) is 20.5 Å². The average Bonchev–Trinajstić information content (AvgIpc) is 3.38. The molecular weight excluding hydrogens is 368 g/mol. The number of para-hydroxylation sites is 1. The minimum absolute atomic E-state index is 0.187. The van der Waals surface area contributed by atoms with Crippen LogP contribution in [0.4, 0.5) is 0 Å². The van der Waals surface area contributed by atoms with E-state index in [1.165, 1.54) is 6.42 Å². The quantitative estimate of drug-likeness (QED) is 0.748. The molecule has 29 heavy (non-hydrogen) atoms. The van der Waals surface area contributed by atoms with E-state index < -0.39 is 0 Å². The number of rotatable bonds is 6. The van der Waals surface area contributed by atoms with Crippen LogP contribution in [0.5, 0.6) is 11.5 Å². The lowest BCUT2D eigenvalue weighted by Gasteiger charge is -2.40. The maximum Gasteiger partial charge on any atom is 0.242 e. The summed E-state index contributed by atoms with van der Waals surface area (Å²) in [6.45, 7) is 5.01. The van der Waals surface area contributed by atoms with Gasteiger partial charge >= 0.3 is 0 Å². The van der Waals surface area contributed by atoms with Crippen molar-refractivity contribution < 1.29 is 14.3 Å². The van der Waals surface area contributed by atoms with Crippen LogP contribution in [0.25, 0.3) is 0 Å². The third-order valence-corrected chi connectivity index (χ3v) is 6.29. The van der Waals surface area contributed by atoms with Crippen LogP contribution >= 0.6 is 0 Å². The van der Waals surface area contributed by atoms with E-state index in [-0.39, 0.29) is 11.3 Å². The van der Waals surface area contributed by atoms with E-state index in [1.807, 2.05) is 27.8 Å². The number of hydrogen-bond acceptors (Lipinski definition) is 5. The van der Waals surface area contributed by atoms with Crippen molar-refractivity contribution >= 4 is 5.91 Å². The minimum Gasteiger partial charge on any atom is -0.493 e. The van der Waals surface area contributed by atoms with Gasteiger partial charge in [-0.05, 0) is 31.9 Å². The lowest BCUT2D eigenvalue weighted by atomic mass is 9.79. The maximum absolute atomic E-state index is 12.7. The number of imidazole rings is 1. The first-order valence-corrected chi connectivity index (χ1v) is 10.3. The zero-order valence-electron chi connectivity index (χ0n) is 17.3. The van der Waals surface area contributed by atoms with Crippen molar-refractivity contribution in [1.29, 1.82) is 0 Å². The molecule has 2 aliphatic rings. The molecule has 1 aromatic carbocycles. The van der Waals surface area contributed by atoms with Gasteiger partial charge in [0.25, 0.3) is 0 Å². The third-order valence-electron chi connectivity index (χ3n) is 6.29. The molecule has 3 heterocycles. The van der Waals surface area contributed by atoms with Crippen molar-refractivity contribution in [3.63, 3.8) is 0 Å². The fourth-order valence-corrected chi connectivity index (χ4v) is 4.88. The molecule has 7 nitrogen and oxygen atoms in total. The molecule has 1 spiro atoms. The molecule has 4 rings (SSSR count). The Kier molecular flexibility index (Phi) is 5.76. The van der Waals surface area contributed by atoms with Crippen LogP contribution in [0.1, 0.15) is 24.8 Å². The van der Waals surface area contributed by atoms with Crippen molar-refractivity contribution in [3.8, 4) is 11.5 Å². The number of nitrogens with zero attached hydrogens (tertiary/aromatic N) is 4. The van der Waals surface area contributed by atoms with Crippen molar-refractivity contribution in [2.75, 3.05) is 40.4 Å². The average molecular weight is 399 g/mol. The largest absolute Gasteiger partial charge is 0.493 e. The standard InChI is InChI=1S/C22H30N4O3/c1-28-19-6-3-5-18(21(19)29-2)13-24-10-4-7-22(15-24)8-11-26(16-22)20(27)14-25-12-9-23-17-25/h3,5-6,9,12,17H,4,7-8,10-11,13-16H2,1-2H3/t22-/m1/s1. The Bertz CT molecular complexity index is 839. The number of amides is 1.